The molecule has 2 aromatic carbocycles. The molecule has 2 rings (SSSR count). The Hall–Kier alpha value is -1.96. The van der Waals surface area contributed by atoms with E-state index in [0.29, 0.717) is 0 Å². The fraction of sp³-hybridized carbons (Fsp3) is 0.125. The molecule has 1 amide bonds. The standard InChI is InChI=1S/C16H10Cl3F3N2O2/c17-11-5-13(19)14(6-12(11)18)26-8-15(25)24-23-7-9-3-1-2-4-10(9)16(20,21)22/h1-7H,8H2,(H,24,25)/b23-7+. The van der Waals surface area contributed by atoms with Gasteiger partial charge in [0.15, 0.2) is 6.61 Å². The number of hydrazone groups is 1. The summed E-state index contributed by atoms with van der Waals surface area (Å²) in [6.45, 7) is -0.476. The molecule has 0 fully saturated rings. The Balaban J connectivity index is 1.96. The van der Waals surface area contributed by atoms with E-state index in [1.807, 2.05) is 0 Å². The molecule has 0 aliphatic rings. The van der Waals surface area contributed by atoms with Gasteiger partial charge in [0.25, 0.3) is 5.91 Å². The molecule has 138 valence electrons. The summed E-state index contributed by atoms with van der Waals surface area (Å²) < 4.78 is 43.7. The van der Waals surface area contributed by atoms with E-state index in [1.165, 1.54) is 30.3 Å². The van der Waals surface area contributed by atoms with Crippen LogP contribution in [0.4, 0.5) is 13.2 Å². The number of rotatable bonds is 5. The lowest BCUT2D eigenvalue weighted by molar-refractivity contribution is -0.137. The minimum absolute atomic E-state index is 0.127. The van der Waals surface area contributed by atoms with Crippen LogP contribution >= 0.6 is 34.8 Å². The molecule has 0 aliphatic carbocycles. The Morgan fingerprint density at radius 2 is 1.77 bits per heavy atom. The highest BCUT2D eigenvalue weighted by Gasteiger charge is 2.32. The molecule has 26 heavy (non-hydrogen) atoms. The lowest BCUT2D eigenvalue weighted by atomic mass is 10.1. The van der Waals surface area contributed by atoms with Crippen LogP contribution in [0.5, 0.6) is 5.75 Å². The van der Waals surface area contributed by atoms with Gasteiger partial charge in [-0.05, 0) is 12.1 Å². The Morgan fingerprint density at radius 3 is 2.46 bits per heavy atom. The monoisotopic (exact) mass is 424 g/mol. The summed E-state index contributed by atoms with van der Waals surface area (Å²) in [6, 6.07) is 7.51. The van der Waals surface area contributed by atoms with Gasteiger partial charge in [-0.25, -0.2) is 5.43 Å². The van der Waals surface area contributed by atoms with Crippen molar-refractivity contribution in [1.82, 2.24) is 5.43 Å². The first kappa shape index (κ1) is 20.4. The first-order chi connectivity index (χ1) is 12.2. The number of nitrogens with one attached hydrogen (secondary N) is 1. The molecular formula is C16H10Cl3F3N2O2. The molecule has 0 heterocycles. The Labute approximate surface area is 161 Å². The maximum Gasteiger partial charge on any atom is 0.417 e. The van der Waals surface area contributed by atoms with Crippen molar-refractivity contribution in [2.24, 2.45) is 5.10 Å². The molecular weight excluding hydrogens is 416 g/mol. The third-order valence-corrected chi connectivity index (χ3v) is 4.01. The van der Waals surface area contributed by atoms with Gasteiger partial charge in [0.05, 0.1) is 26.8 Å². The van der Waals surface area contributed by atoms with Gasteiger partial charge >= 0.3 is 6.18 Å². The van der Waals surface area contributed by atoms with Crippen LogP contribution < -0.4 is 10.2 Å². The zero-order valence-electron chi connectivity index (χ0n) is 12.8. The summed E-state index contributed by atoms with van der Waals surface area (Å²) in [4.78, 5) is 11.7. The fourth-order valence-electron chi connectivity index (χ4n) is 1.83. The maximum absolute atomic E-state index is 12.8. The quantitative estimate of drug-likeness (QED) is 0.407. The average Bonchev–Trinajstić information content (AvgIpc) is 2.56. The predicted octanol–water partition coefficient (Wildman–Crippen LogP) is 5.19. The molecule has 10 heteroatoms. The predicted molar refractivity (Wildman–Crippen MR) is 94.1 cm³/mol. The summed E-state index contributed by atoms with van der Waals surface area (Å²) in [5.41, 5.74) is 1.01. The van der Waals surface area contributed by atoms with E-state index < -0.39 is 24.3 Å². The van der Waals surface area contributed by atoms with Crippen molar-refractivity contribution in [2.45, 2.75) is 6.18 Å². The summed E-state index contributed by atoms with van der Waals surface area (Å²) in [5.74, 6) is -0.574. The van der Waals surface area contributed by atoms with Gasteiger partial charge in [0, 0.05) is 11.6 Å². The van der Waals surface area contributed by atoms with E-state index in [9.17, 15) is 18.0 Å². The molecule has 0 spiro atoms. The van der Waals surface area contributed by atoms with Crippen LogP contribution in [0.2, 0.25) is 15.1 Å². The molecule has 0 saturated heterocycles. The van der Waals surface area contributed by atoms with E-state index in [4.69, 9.17) is 39.5 Å². The summed E-state index contributed by atoms with van der Waals surface area (Å²) in [6.07, 6.45) is -3.63. The molecule has 0 radical (unpaired) electrons. The van der Waals surface area contributed by atoms with Gasteiger partial charge in [-0.2, -0.15) is 18.3 Å². The second-order valence-electron chi connectivity index (χ2n) is 4.86. The third kappa shape index (κ3) is 5.52. The number of ether oxygens (including phenoxy) is 1. The molecule has 0 saturated carbocycles. The van der Waals surface area contributed by atoms with Gasteiger partial charge < -0.3 is 4.74 Å². The zero-order valence-corrected chi connectivity index (χ0v) is 15.0. The molecule has 4 nitrogen and oxygen atoms in total. The van der Waals surface area contributed by atoms with Crippen molar-refractivity contribution in [1.29, 1.82) is 0 Å². The SMILES string of the molecule is O=C(COc1cc(Cl)c(Cl)cc1Cl)N/N=C/c1ccccc1C(F)(F)F. The van der Waals surface area contributed by atoms with Crippen molar-refractivity contribution in [3.8, 4) is 5.75 Å². The maximum atomic E-state index is 12.8. The number of nitrogens with zero attached hydrogens (tertiary/aromatic N) is 1. The lowest BCUT2D eigenvalue weighted by Crippen LogP contribution is -2.24. The van der Waals surface area contributed by atoms with Gasteiger partial charge in [0.2, 0.25) is 0 Å². The number of amides is 1. The molecule has 0 aromatic heterocycles. The smallest absolute Gasteiger partial charge is 0.417 e. The minimum Gasteiger partial charge on any atom is -0.482 e. The van der Waals surface area contributed by atoms with Crippen molar-refractivity contribution in [3.05, 3.63) is 62.6 Å². The summed E-state index contributed by atoms with van der Waals surface area (Å²) in [5, 5.41) is 4.06. The van der Waals surface area contributed by atoms with E-state index in [0.717, 1.165) is 12.3 Å². The highest BCUT2D eigenvalue weighted by atomic mass is 35.5. The number of benzene rings is 2. The van der Waals surface area contributed by atoms with Gasteiger partial charge in [0.1, 0.15) is 5.75 Å². The molecule has 0 unspecified atom stereocenters. The van der Waals surface area contributed by atoms with E-state index in [1.54, 1.807) is 0 Å². The van der Waals surface area contributed by atoms with E-state index >= 15 is 0 Å². The number of hydrogen-bond acceptors (Lipinski definition) is 3. The summed E-state index contributed by atoms with van der Waals surface area (Å²) in [7, 11) is 0. The van der Waals surface area contributed by atoms with Gasteiger partial charge in [-0.3, -0.25) is 4.79 Å². The largest absolute Gasteiger partial charge is 0.482 e. The Morgan fingerprint density at radius 1 is 1.12 bits per heavy atom. The van der Waals surface area contributed by atoms with Crippen LogP contribution in [0.3, 0.4) is 0 Å². The number of carbonyl (C=O) groups excluding carboxylic acids is 1. The number of carbonyl (C=O) groups is 1. The zero-order chi connectivity index (χ0) is 19.3. The van der Waals surface area contributed by atoms with Crippen LogP contribution in [0.15, 0.2) is 41.5 Å². The normalized spacial score (nSPS) is 11.6. The van der Waals surface area contributed by atoms with Crippen molar-refractivity contribution >= 4 is 46.9 Å². The molecule has 1 N–H and O–H groups in total. The van der Waals surface area contributed by atoms with Crippen LogP contribution in [-0.4, -0.2) is 18.7 Å². The van der Waals surface area contributed by atoms with Crippen LogP contribution in [0.1, 0.15) is 11.1 Å². The fourth-order valence-corrected chi connectivity index (χ4v) is 2.42. The van der Waals surface area contributed by atoms with E-state index in [2.05, 4.69) is 10.5 Å². The summed E-state index contributed by atoms with van der Waals surface area (Å²) >= 11 is 17.5. The molecule has 0 bridgehead atoms. The van der Waals surface area contributed by atoms with Crippen LogP contribution in [-0.2, 0) is 11.0 Å². The van der Waals surface area contributed by atoms with Crippen LogP contribution in [0, 0.1) is 0 Å². The van der Waals surface area contributed by atoms with Crippen LogP contribution in [0.25, 0.3) is 0 Å². The Bertz CT molecular complexity index is 842. The average molecular weight is 426 g/mol. The molecule has 0 aliphatic heterocycles. The first-order valence-electron chi connectivity index (χ1n) is 6.94. The van der Waals surface area contributed by atoms with Crippen molar-refractivity contribution in [3.63, 3.8) is 0 Å². The van der Waals surface area contributed by atoms with Crippen molar-refractivity contribution in [2.75, 3.05) is 6.61 Å². The Kier molecular flexibility index (Phi) is 6.75. The highest BCUT2D eigenvalue weighted by molar-refractivity contribution is 6.43. The number of alkyl halides is 3. The third-order valence-electron chi connectivity index (χ3n) is 2.99. The number of hydrogen-bond donors (Lipinski definition) is 1. The number of halogens is 6. The highest BCUT2D eigenvalue weighted by Crippen LogP contribution is 2.34. The van der Waals surface area contributed by atoms with E-state index in [-0.39, 0.29) is 26.4 Å². The minimum atomic E-state index is -4.53. The topological polar surface area (TPSA) is 50.7 Å². The van der Waals surface area contributed by atoms with Gasteiger partial charge in [-0.1, -0.05) is 53.0 Å². The second-order valence-corrected chi connectivity index (χ2v) is 6.09. The van der Waals surface area contributed by atoms with Gasteiger partial charge in [-0.15, -0.1) is 0 Å². The lowest BCUT2D eigenvalue weighted by Gasteiger charge is -2.09. The molecule has 0 atom stereocenters. The second kappa shape index (κ2) is 8.62. The molecule has 2 aromatic rings. The first-order valence-corrected chi connectivity index (χ1v) is 8.07. The van der Waals surface area contributed by atoms with Crippen molar-refractivity contribution < 1.29 is 22.7 Å².